The lowest BCUT2D eigenvalue weighted by Gasteiger charge is -2.28. The first kappa shape index (κ1) is 21.5. The van der Waals surface area contributed by atoms with E-state index in [9.17, 15) is 4.79 Å². The van der Waals surface area contributed by atoms with Gasteiger partial charge in [-0.15, -0.1) is 24.0 Å². The summed E-state index contributed by atoms with van der Waals surface area (Å²) in [7, 11) is 0. The van der Waals surface area contributed by atoms with Crippen molar-refractivity contribution in [1.82, 2.24) is 10.6 Å². The van der Waals surface area contributed by atoms with Crippen LogP contribution in [-0.4, -0.2) is 37.7 Å². The Hall–Kier alpha value is -0.530. The van der Waals surface area contributed by atoms with Crippen molar-refractivity contribution in [1.29, 1.82) is 0 Å². The van der Waals surface area contributed by atoms with Gasteiger partial charge in [0.25, 0.3) is 0 Å². The van der Waals surface area contributed by atoms with Gasteiger partial charge < -0.3 is 15.4 Å². The fourth-order valence-corrected chi connectivity index (χ4v) is 2.57. The summed E-state index contributed by atoms with van der Waals surface area (Å²) in [6, 6.07) is 0.532. The van der Waals surface area contributed by atoms with Gasteiger partial charge in [0.1, 0.15) is 0 Å². The minimum Gasteiger partial charge on any atom is -0.466 e. The van der Waals surface area contributed by atoms with Gasteiger partial charge in [0, 0.05) is 25.6 Å². The SMILES string of the molecule is CCNC(=NCCCC(=O)OCC)NC1CCC(C)CC1.I. The lowest BCUT2D eigenvalue weighted by molar-refractivity contribution is -0.143. The van der Waals surface area contributed by atoms with Crippen LogP contribution in [0.2, 0.25) is 0 Å². The first-order valence-corrected chi connectivity index (χ1v) is 8.36. The molecule has 22 heavy (non-hydrogen) atoms. The van der Waals surface area contributed by atoms with Crippen LogP contribution in [0.3, 0.4) is 0 Å². The van der Waals surface area contributed by atoms with Crippen molar-refractivity contribution in [2.75, 3.05) is 19.7 Å². The van der Waals surface area contributed by atoms with Crippen LogP contribution in [0, 0.1) is 5.92 Å². The van der Waals surface area contributed by atoms with Gasteiger partial charge >= 0.3 is 5.97 Å². The third kappa shape index (κ3) is 9.48. The molecule has 0 unspecified atom stereocenters. The topological polar surface area (TPSA) is 62.7 Å². The summed E-state index contributed by atoms with van der Waals surface area (Å²) in [5, 5.41) is 6.79. The second-order valence-corrected chi connectivity index (χ2v) is 5.77. The van der Waals surface area contributed by atoms with Crippen LogP contribution in [0.5, 0.6) is 0 Å². The lowest BCUT2D eigenvalue weighted by Crippen LogP contribution is -2.44. The average Bonchev–Trinajstić information content (AvgIpc) is 2.46. The summed E-state index contributed by atoms with van der Waals surface area (Å²) < 4.78 is 4.91. The largest absolute Gasteiger partial charge is 0.466 e. The molecule has 0 heterocycles. The molecular weight excluding hydrogens is 393 g/mol. The van der Waals surface area contributed by atoms with E-state index in [0.717, 1.165) is 24.8 Å². The third-order valence-electron chi connectivity index (χ3n) is 3.82. The van der Waals surface area contributed by atoms with E-state index in [1.807, 2.05) is 6.92 Å². The van der Waals surface area contributed by atoms with Gasteiger partial charge in [-0.2, -0.15) is 0 Å². The number of ether oxygens (including phenoxy) is 1. The van der Waals surface area contributed by atoms with Gasteiger partial charge in [-0.05, 0) is 51.9 Å². The Morgan fingerprint density at radius 2 is 1.91 bits per heavy atom. The molecule has 1 saturated carbocycles. The van der Waals surface area contributed by atoms with Gasteiger partial charge in [0.05, 0.1) is 6.61 Å². The van der Waals surface area contributed by atoms with E-state index in [1.54, 1.807) is 0 Å². The first-order valence-electron chi connectivity index (χ1n) is 8.36. The number of hydrogen-bond donors (Lipinski definition) is 2. The molecule has 0 aliphatic heterocycles. The molecule has 1 aliphatic rings. The quantitative estimate of drug-likeness (QED) is 0.216. The summed E-state index contributed by atoms with van der Waals surface area (Å²) in [5.41, 5.74) is 0. The molecule has 0 aromatic carbocycles. The molecule has 1 aliphatic carbocycles. The van der Waals surface area contributed by atoms with Gasteiger partial charge in [-0.25, -0.2) is 0 Å². The highest BCUT2D eigenvalue weighted by Gasteiger charge is 2.18. The Kier molecular flexibility index (Phi) is 12.6. The zero-order valence-corrected chi connectivity index (χ0v) is 16.5. The van der Waals surface area contributed by atoms with Gasteiger partial charge in [-0.3, -0.25) is 9.79 Å². The Morgan fingerprint density at radius 3 is 2.50 bits per heavy atom. The van der Waals surface area contributed by atoms with Crippen LogP contribution in [0.15, 0.2) is 4.99 Å². The zero-order chi connectivity index (χ0) is 15.5. The summed E-state index contributed by atoms with van der Waals surface area (Å²) in [5.74, 6) is 1.60. The Balaban J connectivity index is 0.00000441. The summed E-state index contributed by atoms with van der Waals surface area (Å²) in [6.45, 7) is 8.18. The Morgan fingerprint density at radius 1 is 1.23 bits per heavy atom. The minimum atomic E-state index is -0.132. The second-order valence-electron chi connectivity index (χ2n) is 5.77. The number of nitrogens with one attached hydrogen (secondary N) is 2. The molecule has 0 amide bonds. The highest BCUT2D eigenvalue weighted by Crippen LogP contribution is 2.23. The van der Waals surface area contributed by atoms with Crippen molar-refractivity contribution in [3.05, 3.63) is 0 Å². The van der Waals surface area contributed by atoms with Crippen molar-refractivity contribution in [2.45, 2.75) is 65.3 Å². The maximum atomic E-state index is 11.3. The van der Waals surface area contributed by atoms with E-state index in [4.69, 9.17) is 4.74 Å². The number of aliphatic imine (C=N–C) groups is 1. The van der Waals surface area contributed by atoms with Crippen molar-refractivity contribution < 1.29 is 9.53 Å². The van der Waals surface area contributed by atoms with Crippen LogP contribution >= 0.6 is 24.0 Å². The molecule has 5 nitrogen and oxygen atoms in total. The smallest absolute Gasteiger partial charge is 0.305 e. The molecule has 0 atom stereocenters. The first-order chi connectivity index (χ1) is 10.2. The van der Waals surface area contributed by atoms with Crippen LogP contribution in [0.4, 0.5) is 0 Å². The van der Waals surface area contributed by atoms with Gasteiger partial charge in [-0.1, -0.05) is 6.92 Å². The Labute approximate surface area is 152 Å². The lowest BCUT2D eigenvalue weighted by atomic mass is 9.87. The van der Waals surface area contributed by atoms with Crippen molar-refractivity contribution >= 4 is 35.9 Å². The van der Waals surface area contributed by atoms with E-state index < -0.39 is 0 Å². The highest BCUT2D eigenvalue weighted by atomic mass is 127. The van der Waals surface area contributed by atoms with E-state index in [1.165, 1.54) is 25.7 Å². The maximum absolute atomic E-state index is 11.3. The van der Waals surface area contributed by atoms with Crippen molar-refractivity contribution in [3.63, 3.8) is 0 Å². The molecule has 0 radical (unpaired) electrons. The zero-order valence-electron chi connectivity index (χ0n) is 14.2. The number of halogens is 1. The molecule has 0 aromatic rings. The highest BCUT2D eigenvalue weighted by molar-refractivity contribution is 14.0. The molecule has 130 valence electrons. The maximum Gasteiger partial charge on any atom is 0.305 e. The minimum absolute atomic E-state index is 0. The number of nitrogens with zero attached hydrogens (tertiary/aromatic N) is 1. The average molecular weight is 425 g/mol. The summed E-state index contributed by atoms with van der Waals surface area (Å²) in [6.07, 6.45) is 6.19. The van der Waals surface area contributed by atoms with Crippen LogP contribution < -0.4 is 10.6 Å². The number of hydrogen-bond acceptors (Lipinski definition) is 3. The molecule has 0 aromatic heterocycles. The van der Waals surface area contributed by atoms with Crippen molar-refractivity contribution in [2.24, 2.45) is 10.9 Å². The second kappa shape index (κ2) is 13.0. The number of esters is 1. The van der Waals surface area contributed by atoms with Crippen molar-refractivity contribution in [3.8, 4) is 0 Å². The molecule has 0 saturated heterocycles. The molecule has 1 rings (SSSR count). The molecule has 1 fully saturated rings. The number of carbonyl (C=O) groups is 1. The molecule has 2 N–H and O–H groups in total. The molecule has 6 heteroatoms. The predicted molar refractivity (Wildman–Crippen MR) is 102 cm³/mol. The van der Waals surface area contributed by atoms with Gasteiger partial charge in [0.15, 0.2) is 5.96 Å². The number of guanidine groups is 1. The van der Waals surface area contributed by atoms with E-state index >= 15 is 0 Å². The fourth-order valence-electron chi connectivity index (χ4n) is 2.57. The normalized spacial score (nSPS) is 21.7. The van der Waals surface area contributed by atoms with E-state index in [0.29, 0.717) is 25.6 Å². The Bertz CT molecular complexity index is 329. The monoisotopic (exact) mass is 425 g/mol. The molecular formula is C16H32IN3O2. The molecule has 0 spiro atoms. The predicted octanol–water partition coefficient (Wildman–Crippen LogP) is 3.08. The van der Waals surface area contributed by atoms with Crippen LogP contribution in [0.25, 0.3) is 0 Å². The summed E-state index contributed by atoms with van der Waals surface area (Å²) >= 11 is 0. The van der Waals surface area contributed by atoms with Gasteiger partial charge in [0.2, 0.25) is 0 Å². The molecule has 0 bridgehead atoms. The van der Waals surface area contributed by atoms with Crippen LogP contribution in [-0.2, 0) is 9.53 Å². The number of rotatable bonds is 7. The van der Waals surface area contributed by atoms with Crippen LogP contribution in [0.1, 0.15) is 59.3 Å². The third-order valence-corrected chi connectivity index (χ3v) is 3.82. The standard InChI is InChI=1S/C16H31N3O2.HI/c1-4-17-16(18-12-6-7-15(20)21-5-2)19-14-10-8-13(3)9-11-14;/h13-14H,4-12H2,1-3H3,(H2,17,18,19);1H. The summed E-state index contributed by atoms with van der Waals surface area (Å²) in [4.78, 5) is 15.8. The van der Waals surface area contributed by atoms with E-state index in [-0.39, 0.29) is 29.9 Å². The number of carbonyl (C=O) groups excluding carboxylic acids is 1. The fraction of sp³-hybridized carbons (Fsp3) is 0.875. The van der Waals surface area contributed by atoms with E-state index in [2.05, 4.69) is 29.5 Å².